The lowest BCUT2D eigenvalue weighted by molar-refractivity contribution is -0.192. The average Bonchev–Trinajstić information content (AvgIpc) is 1.90. The van der Waals surface area contributed by atoms with Crippen molar-refractivity contribution in [3.63, 3.8) is 0 Å². The molecule has 0 radical (unpaired) electrons. The monoisotopic (exact) mass is 1240 g/mol. The largest absolute Gasteiger partial charge is 0.490 e. The van der Waals surface area contributed by atoms with Gasteiger partial charge in [0, 0.05) is 128 Å². The Morgan fingerprint density at radius 1 is 0.591 bits per heavy atom. The lowest BCUT2D eigenvalue weighted by Gasteiger charge is -2.46. The van der Waals surface area contributed by atoms with E-state index in [0.717, 1.165) is 214 Å². The van der Waals surface area contributed by atoms with Crippen LogP contribution in [0.5, 0.6) is 0 Å². The van der Waals surface area contributed by atoms with Gasteiger partial charge in [0.2, 0.25) is 0 Å². The molecule has 8 fully saturated rings. The topological polar surface area (TPSA) is 212 Å². The zero-order chi connectivity index (χ0) is 63.8. The maximum atomic E-state index is 13.2. The van der Waals surface area contributed by atoms with Crippen molar-refractivity contribution in [1.29, 1.82) is 0 Å². The fraction of sp³-hybridized carbons (Fsp3) is 0.727. The van der Waals surface area contributed by atoms with E-state index in [2.05, 4.69) is 46.5 Å². The van der Waals surface area contributed by atoms with Gasteiger partial charge in [-0.2, -0.15) is 13.2 Å². The third kappa shape index (κ3) is 17.2. The Bertz CT molecular complexity index is 2600. The number of aliphatic carboxylic acids is 1. The van der Waals surface area contributed by atoms with Gasteiger partial charge >= 0.3 is 30.4 Å². The third-order valence-electron chi connectivity index (χ3n) is 19.9. The average molecular weight is 1240 g/mol. The number of carbonyl (C=O) groups excluding carboxylic acids is 5. The molecule has 492 valence electrons. The fourth-order valence-electron chi connectivity index (χ4n) is 14.8. The summed E-state index contributed by atoms with van der Waals surface area (Å²) in [7, 11) is 1.68. The number of hydrogen-bond donors (Lipinski definition) is 4. The highest BCUT2D eigenvalue weighted by Gasteiger charge is 2.55. The number of aryl methyl sites for hydroxylation is 4. The number of nitrogens with one attached hydrogen (secondary N) is 3. The predicted octanol–water partition coefficient (Wildman–Crippen LogP) is 10.5. The first kappa shape index (κ1) is 69.8. The molecule has 8 aliphatic rings. The number of alkyl carbamates (subject to hydrolysis) is 2. The molecule has 3 atom stereocenters. The zero-order valence-electron chi connectivity index (χ0n) is 53.7. The number of hydrogen-bond acceptors (Lipinski definition) is 13. The van der Waals surface area contributed by atoms with Crippen LogP contribution in [0, 0.1) is 27.7 Å². The molecule has 8 saturated heterocycles. The van der Waals surface area contributed by atoms with Gasteiger partial charge in [-0.05, 0) is 108 Å². The van der Waals surface area contributed by atoms with Crippen LogP contribution in [-0.4, -0.2) is 205 Å². The number of nitrogens with zero attached hydrogens (tertiary/aromatic N) is 5. The van der Waals surface area contributed by atoms with Gasteiger partial charge in [0.05, 0.1) is 24.7 Å². The summed E-state index contributed by atoms with van der Waals surface area (Å²) in [6.07, 6.45) is 13.6. The van der Waals surface area contributed by atoms with Gasteiger partial charge in [0.1, 0.15) is 16.8 Å². The van der Waals surface area contributed by atoms with E-state index in [9.17, 15) is 37.1 Å². The lowest BCUT2D eigenvalue weighted by Crippen LogP contribution is -2.56. The summed E-state index contributed by atoms with van der Waals surface area (Å²) in [4.78, 5) is 82.4. The van der Waals surface area contributed by atoms with Crippen molar-refractivity contribution < 1.29 is 66.0 Å². The Kier molecular flexibility index (Phi) is 25.2. The second kappa shape index (κ2) is 31.8. The predicted molar refractivity (Wildman–Crippen MR) is 330 cm³/mol. The molecule has 0 aliphatic carbocycles. The Morgan fingerprint density at radius 2 is 0.966 bits per heavy atom. The molecule has 10 rings (SSSR count). The number of carboxylic acid groups (broad SMARTS) is 1. The van der Waals surface area contributed by atoms with Crippen LogP contribution >= 0.6 is 0 Å². The minimum Gasteiger partial charge on any atom is -0.475 e. The van der Waals surface area contributed by atoms with Gasteiger partial charge < -0.3 is 49.8 Å². The first-order chi connectivity index (χ1) is 42.0. The lowest BCUT2D eigenvalue weighted by atomic mass is 9.81. The van der Waals surface area contributed by atoms with Crippen molar-refractivity contribution >= 4 is 36.1 Å². The van der Waals surface area contributed by atoms with E-state index in [1.807, 2.05) is 78.8 Å². The highest BCUT2D eigenvalue weighted by molar-refractivity contribution is 5.97. The molecule has 0 aromatic heterocycles. The second-order valence-electron chi connectivity index (χ2n) is 25.6. The Hall–Kier alpha value is -5.71. The summed E-state index contributed by atoms with van der Waals surface area (Å²) in [5, 5.41) is 16.5. The van der Waals surface area contributed by atoms with Gasteiger partial charge in [0.25, 0.3) is 11.8 Å². The molecule has 22 heteroatoms. The number of piperidine rings is 5. The summed E-state index contributed by atoms with van der Waals surface area (Å²) in [6, 6.07) is 13.7. The molecular weight excluding hydrogens is 1140 g/mol. The Balaban J connectivity index is 0.000000189. The molecule has 3 spiro atoms. The zero-order valence-corrected chi connectivity index (χ0v) is 53.7. The third-order valence-corrected chi connectivity index (χ3v) is 19.9. The smallest absolute Gasteiger partial charge is 0.475 e. The molecule has 3 unspecified atom stereocenters. The van der Waals surface area contributed by atoms with E-state index in [-0.39, 0.29) is 65.0 Å². The number of alkyl halides is 3. The standard InChI is InChI=1S/C28H43N3O4.C25H37N3O3.C11H20N2O2.C2HF3O2/c1-5-6-10-24-28(35-27(33)31(24)19-20-34-4)13-17-29(18-14-28)23-11-15-30(16-12-23)26(32)25-21(2)8-7-9-22(25)3;1-4-5-9-21-25(31-24(30)26-21)12-16-27(17-13-25)20-10-14-28(15-11-20)23(29)22-18(2)7-6-8-19(22)3;1-2-3-4-9-11(15-10(14)13-9)5-7-12-8-6-11;3-2(4,5)1(6)7/h7-9,23-24H,5-6,10-20H2,1-4H3;6-8,20-21H,4-5,9-17H2,1-3H3,(H,26,30);9,12H,2-8H2,1H3,(H,13,14);(H,6,7). The molecule has 88 heavy (non-hydrogen) atoms. The summed E-state index contributed by atoms with van der Waals surface area (Å²) in [5.41, 5.74) is 5.08. The number of carbonyl (C=O) groups is 6. The minimum atomic E-state index is -5.08. The number of rotatable bonds is 16. The molecule has 0 saturated carbocycles. The van der Waals surface area contributed by atoms with E-state index in [0.29, 0.717) is 25.2 Å². The molecule has 2 aromatic carbocycles. The van der Waals surface area contributed by atoms with Crippen LogP contribution in [0.15, 0.2) is 36.4 Å². The van der Waals surface area contributed by atoms with Crippen LogP contribution in [0.2, 0.25) is 0 Å². The van der Waals surface area contributed by atoms with Gasteiger partial charge in [0.15, 0.2) is 0 Å². The first-order valence-corrected chi connectivity index (χ1v) is 32.7. The van der Waals surface area contributed by atoms with Gasteiger partial charge in [-0.15, -0.1) is 0 Å². The number of likely N-dealkylation sites (tertiary alicyclic amines) is 4. The molecule has 8 aliphatic heterocycles. The van der Waals surface area contributed by atoms with Crippen molar-refractivity contribution in [1.82, 2.24) is 40.4 Å². The van der Waals surface area contributed by atoms with Crippen LogP contribution in [0.1, 0.15) is 186 Å². The van der Waals surface area contributed by atoms with E-state index < -0.39 is 12.1 Å². The van der Waals surface area contributed by atoms with Gasteiger partial charge in [-0.3, -0.25) is 24.3 Å². The van der Waals surface area contributed by atoms with Crippen LogP contribution in [0.3, 0.4) is 0 Å². The number of halogens is 3. The molecule has 4 N–H and O–H groups in total. The van der Waals surface area contributed by atoms with Crippen molar-refractivity contribution in [3.8, 4) is 0 Å². The maximum Gasteiger partial charge on any atom is 0.490 e. The number of benzene rings is 2. The number of carboxylic acids is 1. The van der Waals surface area contributed by atoms with Crippen LogP contribution in [0.25, 0.3) is 0 Å². The highest BCUT2D eigenvalue weighted by Crippen LogP contribution is 2.43. The first-order valence-electron chi connectivity index (χ1n) is 32.7. The fourth-order valence-corrected chi connectivity index (χ4v) is 14.8. The maximum absolute atomic E-state index is 13.2. The molecule has 19 nitrogen and oxygen atoms in total. The summed E-state index contributed by atoms with van der Waals surface area (Å²) < 4.78 is 54.4. The van der Waals surface area contributed by atoms with Crippen LogP contribution < -0.4 is 16.0 Å². The van der Waals surface area contributed by atoms with Crippen molar-refractivity contribution in [2.45, 2.75) is 224 Å². The molecule has 2 aromatic rings. The van der Waals surface area contributed by atoms with Crippen molar-refractivity contribution in [2.75, 3.05) is 85.7 Å². The normalized spacial score (nSPS) is 23.6. The number of ether oxygens (including phenoxy) is 4. The number of amides is 5. The Labute approximate surface area is 519 Å². The van der Waals surface area contributed by atoms with Crippen molar-refractivity contribution in [3.05, 3.63) is 69.8 Å². The van der Waals surface area contributed by atoms with E-state index >= 15 is 0 Å². The van der Waals surface area contributed by atoms with E-state index in [1.54, 1.807) is 7.11 Å². The highest BCUT2D eigenvalue weighted by atomic mass is 19.4. The summed E-state index contributed by atoms with van der Waals surface area (Å²) in [5.74, 6) is -2.41. The van der Waals surface area contributed by atoms with E-state index in [1.165, 1.54) is 6.42 Å². The molecular formula is C66H101F3N8O11. The number of unbranched alkanes of at least 4 members (excludes halogenated alkanes) is 3. The molecule has 0 bridgehead atoms. The summed E-state index contributed by atoms with van der Waals surface area (Å²) in [6.45, 7) is 24.8. The van der Waals surface area contributed by atoms with Gasteiger partial charge in [-0.1, -0.05) is 95.7 Å². The molecule has 8 heterocycles. The van der Waals surface area contributed by atoms with Gasteiger partial charge in [-0.25, -0.2) is 19.2 Å². The minimum absolute atomic E-state index is 0.143. The van der Waals surface area contributed by atoms with Crippen LogP contribution in [-0.2, 0) is 23.7 Å². The van der Waals surface area contributed by atoms with Crippen molar-refractivity contribution in [2.24, 2.45) is 0 Å². The molecule has 5 amide bonds. The van der Waals surface area contributed by atoms with E-state index in [4.69, 9.17) is 28.8 Å². The second-order valence-corrected chi connectivity index (χ2v) is 25.6. The quantitative estimate of drug-likeness (QED) is 0.115. The SMILES string of the molecule is CCCCC1N(CCOC)C(=O)OC12CCN(C1CCN(C(=O)c3c(C)cccc3C)CC1)CC2.CCCCC1NC(=O)OC12CCN(C1CCN(C(=O)c3c(C)cccc3C)CC1)CC2.CCCCC1NC(=O)OC12CCNCC2.O=C(O)C(F)(F)F. The summed E-state index contributed by atoms with van der Waals surface area (Å²) >= 11 is 0. The van der Waals surface area contributed by atoms with Crippen LogP contribution in [0.4, 0.5) is 27.6 Å². The Morgan fingerprint density at radius 3 is 1.34 bits per heavy atom. The number of methoxy groups -OCH3 is 1.